The Hall–Kier alpha value is -0.610. The van der Waals surface area contributed by atoms with Crippen molar-refractivity contribution in [3.8, 4) is 0 Å². The second kappa shape index (κ2) is 3.25. The molecule has 20 heavy (non-hydrogen) atoms. The number of ether oxygens (including phenoxy) is 2. The van der Waals surface area contributed by atoms with Gasteiger partial charge >= 0.3 is 5.97 Å². The highest BCUT2D eigenvalue weighted by Gasteiger charge is 2.87. The topological polar surface area (TPSA) is 55.8 Å². The van der Waals surface area contributed by atoms with Crippen LogP contribution in [0.1, 0.15) is 38.5 Å². The van der Waals surface area contributed by atoms with Crippen LogP contribution in [-0.2, 0) is 14.3 Å². The summed E-state index contributed by atoms with van der Waals surface area (Å²) in [5.41, 5.74) is -1.25. The lowest BCUT2D eigenvalue weighted by Crippen LogP contribution is -2.53. The van der Waals surface area contributed by atoms with E-state index in [9.17, 15) is 9.90 Å². The van der Waals surface area contributed by atoms with E-state index in [1.54, 1.807) is 0 Å². The minimum Gasteiger partial charge on any atom is -0.469 e. The molecular weight excluding hydrogens is 256 g/mol. The summed E-state index contributed by atoms with van der Waals surface area (Å²) in [4.78, 5) is 12.7. The van der Waals surface area contributed by atoms with Gasteiger partial charge in [-0.05, 0) is 62.2 Å². The highest BCUT2D eigenvalue weighted by atomic mass is 16.6. The Balaban J connectivity index is 1.69. The highest BCUT2D eigenvalue weighted by Crippen LogP contribution is 2.83. The Kier molecular flexibility index (Phi) is 1.95. The Bertz CT molecular complexity index is 489. The third kappa shape index (κ3) is 0.970. The monoisotopic (exact) mass is 278 g/mol. The summed E-state index contributed by atoms with van der Waals surface area (Å²) in [7, 11) is 1.50. The molecule has 4 heteroatoms. The summed E-state index contributed by atoms with van der Waals surface area (Å²) in [5.74, 6) is 2.59. The molecule has 0 aromatic rings. The predicted molar refractivity (Wildman–Crippen MR) is 69.7 cm³/mol. The van der Waals surface area contributed by atoms with Crippen LogP contribution in [0.15, 0.2) is 0 Å². The van der Waals surface area contributed by atoms with Gasteiger partial charge in [0, 0.05) is 0 Å². The van der Waals surface area contributed by atoms with E-state index in [1.165, 1.54) is 20.0 Å². The number of esters is 1. The van der Waals surface area contributed by atoms with Crippen LogP contribution in [0.25, 0.3) is 0 Å². The average molecular weight is 278 g/mol. The molecule has 1 saturated heterocycles. The molecule has 1 heterocycles. The fourth-order valence-corrected chi connectivity index (χ4v) is 6.97. The zero-order valence-electron chi connectivity index (χ0n) is 11.9. The van der Waals surface area contributed by atoms with E-state index in [1.807, 2.05) is 0 Å². The zero-order chi connectivity index (χ0) is 13.8. The van der Waals surface area contributed by atoms with Gasteiger partial charge in [0.1, 0.15) is 5.41 Å². The molecule has 0 amide bonds. The molecule has 2 unspecified atom stereocenters. The number of rotatable bonds is 2. The van der Waals surface area contributed by atoms with Gasteiger partial charge in [0.2, 0.25) is 0 Å². The quantitative estimate of drug-likeness (QED) is 0.778. The van der Waals surface area contributed by atoms with Gasteiger partial charge in [0.25, 0.3) is 0 Å². The fraction of sp³-hybridized carbons (Fsp3) is 0.938. The first-order valence-corrected chi connectivity index (χ1v) is 8.02. The summed E-state index contributed by atoms with van der Waals surface area (Å²) in [6.45, 7) is 0.0439. The highest BCUT2D eigenvalue weighted by molar-refractivity contribution is 5.80. The van der Waals surface area contributed by atoms with Crippen LogP contribution < -0.4 is 0 Å². The van der Waals surface area contributed by atoms with E-state index in [0.717, 1.165) is 31.1 Å². The first-order chi connectivity index (χ1) is 9.62. The van der Waals surface area contributed by atoms with Crippen LogP contribution in [0, 0.1) is 29.1 Å². The molecular formula is C16H22O4. The summed E-state index contributed by atoms with van der Waals surface area (Å²) >= 11 is 0. The largest absolute Gasteiger partial charge is 0.469 e. The van der Waals surface area contributed by atoms with Gasteiger partial charge in [-0.15, -0.1) is 0 Å². The molecule has 5 atom stereocenters. The second-order valence-electron chi connectivity index (χ2n) is 7.86. The van der Waals surface area contributed by atoms with E-state index in [4.69, 9.17) is 9.47 Å². The Morgan fingerprint density at radius 3 is 2.65 bits per heavy atom. The number of hydrogen-bond donors (Lipinski definition) is 1. The lowest BCUT2D eigenvalue weighted by atomic mass is 9.60. The van der Waals surface area contributed by atoms with Gasteiger partial charge in [0.15, 0.2) is 0 Å². The second-order valence-corrected chi connectivity index (χ2v) is 7.86. The van der Waals surface area contributed by atoms with Gasteiger partial charge in [-0.3, -0.25) is 4.79 Å². The summed E-state index contributed by atoms with van der Waals surface area (Å²) in [6, 6.07) is 0. The van der Waals surface area contributed by atoms with Crippen molar-refractivity contribution >= 4 is 5.97 Å². The van der Waals surface area contributed by atoms with Gasteiger partial charge < -0.3 is 14.6 Å². The van der Waals surface area contributed by atoms with Crippen molar-refractivity contribution in [3.63, 3.8) is 0 Å². The summed E-state index contributed by atoms with van der Waals surface area (Å²) < 4.78 is 11.9. The molecule has 6 bridgehead atoms. The maximum Gasteiger partial charge on any atom is 0.314 e. The minimum atomic E-state index is -0.475. The van der Waals surface area contributed by atoms with Crippen molar-refractivity contribution < 1.29 is 19.4 Å². The third-order valence-electron chi connectivity index (χ3n) is 7.40. The summed E-state index contributed by atoms with van der Waals surface area (Å²) in [5, 5.41) is 9.90. The number of carbonyl (C=O) groups is 1. The number of aliphatic hydroxyl groups is 1. The molecule has 6 aliphatic rings. The molecule has 0 aromatic carbocycles. The van der Waals surface area contributed by atoms with E-state index >= 15 is 0 Å². The Morgan fingerprint density at radius 2 is 2.10 bits per heavy atom. The van der Waals surface area contributed by atoms with Crippen LogP contribution in [0.2, 0.25) is 0 Å². The van der Waals surface area contributed by atoms with Crippen LogP contribution in [-0.4, -0.2) is 36.0 Å². The van der Waals surface area contributed by atoms with Crippen molar-refractivity contribution in [2.24, 2.45) is 29.1 Å². The molecule has 4 nitrogen and oxygen atoms in total. The molecule has 6 rings (SSSR count). The third-order valence-corrected chi connectivity index (χ3v) is 7.40. The number of carbonyl (C=O) groups excluding carboxylic acids is 1. The first kappa shape index (κ1) is 12.0. The van der Waals surface area contributed by atoms with E-state index in [-0.39, 0.29) is 18.2 Å². The van der Waals surface area contributed by atoms with Crippen molar-refractivity contribution in [1.82, 2.24) is 0 Å². The molecule has 1 aliphatic heterocycles. The van der Waals surface area contributed by atoms with Crippen molar-refractivity contribution in [3.05, 3.63) is 0 Å². The molecule has 5 saturated carbocycles. The molecule has 5 aliphatic carbocycles. The van der Waals surface area contributed by atoms with Gasteiger partial charge in [-0.1, -0.05) is 0 Å². The standard InChI is InChI=1S/C16H22O4/c1-19-13(18)15-4-2-3-14(7-15,8-17)20-16(15)9-5-10-11(6-9)12(10)16/h9-12,17H,2-8H2,1H3/t9?,10?,11?,12?,14-,15+,16+/m1/s1. The number of fused-ring (bicyclic) bond motifs is 2. The summed E-state index contributed by atoms with van der Waals surface area (Å²) in [6.07, 6.45) is 5.87. The SMILES string of the molecule is COC(=O)[C@]12CCC[C@](CO)(C1)O[C@]21C2CC3C(C2)C31. The van der Waals surface area contributed by atoms with Crippen molar-refractivity contribution in [2.45, 2.75) is 49.7 Å². The molecule has 1 N–H and O–H groups in total. The van der Waals surface area contributed by atoms with Crippen LogP contribution in [0.3, 0.4) is 0 Å². The maximum atomic E-state index is 12.7. The lowest BCUT2D eigenvalue weighted by molar-refractivity contribution is -0.180. The average Bonchev–Trinajstić information content (AvgIpc) is 2.83. The molecule has 6 fully saturated rings. The number of aliphatic hydroxyl groups excluding tert-OH is 1. The minimum absolute atomic E-state index is 0.0439. The van der Waals surface area contributed by atoms with E-state index in [2.05, 4.69) is 0 Å². The van der Waals surface area contributed by atoms with Crippen LogP contribution in [0.4, 0.5) is 0 Å². The maximum absolute atomic E-state index is 12.7. The molecule has 1 spiro atoms. The normalized spacial score (nSPS) is 61.1. The van der Waals surface area contributed by atoms with Gasteiger partial charge in [0.05, 0.1) is 24.9 Å². The van der Waals surface area contributed by atoms with Crippen molar-refractivity contribution in [2.75, 3.05) is 13.7 Å². The molecule has 0 radical (unpaired) electrons. The smallest absolute Gasteiger partial charge is 0.314 e. The Morgan fingerprint density at radius 1 is 1.35 bits per heavy atom. The lowest BCUT2D eigenvalue weighted by Gasteiger charge is -2.42. The predicted octanol–water partition coefficient (Wildman–Crippen LogP) is 1.51. The van der Waals surface area contributed by atoms with Gasteiger partial charge in [-0.25, -0.2) is 0 Å². The van der Waals surface area contributed by atoms with Crippen LogP contribution >= 0.6 is 0 Å². The zero-order valence-corrected chi connectivity index (χ0v) is 11.9. The number of methoxy groups -OCH3 is 1. The number of hydrogen-bond acceptors (Lipinski definition) is 4. The van der Waals surface area contributed by atoms with E-state index < -0.39 is 11.0 Å². The molecule has 110 valence electrons. The fourth-order valence-electron chi connectivity index (χ4n) is 6.97. The first-order valence-electron chi connectivity index (χ1n) is 8.02. The van der Waals surface area contributed by atoms with E-state index in [0.29, 0.717) is 18.3 Å². The van der Waals surface area contributed by atoms with Crippen LogP contribution in [0.5, 0.6) is 0 Å². The Labute approximate surface area is 118 Å². The van der Waals surface area contributed by atoms with Gasteiger partial charge in [-0.2, -0.15) is 0 Å². The molecule has 0 aromatic heterocycles. The van der Waals surface area contributed by atoms with Crippen molar-refractivity contribution in [1.29, 1.82) is 0 Å².